The van der Waals surface area contributed by atoms with Crippen LogP contribution < -0.4 is 9.46 Å². The SMILES string of the molecule is Cc1ccc(S(=O)(=O)NCCc2ccc(-c3ccc(OC(C)C)cc3)cc2)cc1C(=O)O. The van der Waals surface area contributed by atoms with Crippen LogP contribution in [-0.2, 0) is 16.4 Å². The lowest BCUT2D eigenvalue weighted by Gasteiger charge is -2.11. The van der Waals surface area contributed by atoms with Gasteiger partial charge in [0.1, 0.15) is 5.75 Å². The van der Waals surface area contributed by atoms with Crippen molar-refractivity contribution in [3.63, 3.8) is 0 Å². The maximum Gasteiger partial charge on any atom is 0.335 e. The quantitative estimate of drug-likeness (QED) is 0.491. The Hall–Kier alpha value is -3.16. The molecule has 0 radical (unpaired) electrons. The van der Waals surface area contributed by atoms with Crippen LogP contribution in [0.2, 0.25) is 0 Å². The summed E-state index contributed by atoms with van der Waals surface area (Å²) in [6.45, 7) is 5.81. The number of carbonyl (C=O) groups is 1. The molecule has 0 aliphatic rings. The van der Waals surface area contributed by atoms with Crippen LogP contribution >= 0.6 is 0 Å². The molecule has 0 amide bonds. The van der Waals surface area contributed by atoms with Crippen molar-refractivity contribution in [3.05, 3.63) is 83.4 Å². The molecule has 3 aromatic rings. The van der Waals surface area contributed by atoms with Gasteiger partial charge in [0.05, 0.1) is 16.6 Å². The summed E-state index contributed by atoms with van der Waals surface area (Å²) in [5.74, 6) is -0.321. The summed E-state index contributed by atoms with van der Waals surface area (Å²) in [4.78, 5) is 11.2. The Balaban J connectivity index is 1.61. The van der Waals surface area contributed by atoms with Gasteiger partial charge in [0.2, 0.25) is 10.0 Å². The Morgan fingerprint density at radius 3 is 2.12 bits per heavy atom. The Kier molecular flexibility index (Phi) is 7.33. The molecule has 0 aromatic heterocycles. The van der Waals surface area contributed by atoms with Crippen LogP contribution in [0.15, 0.2) is 71.6 Å². The van der Waals surface area contributed by atoms with E-state index in [2.05, 4.69) is 4.72 Å². The molecule has 0 atom stereocenters. The number of rotatable bonds is 9. The van der Waals surface area contributed by atoms with Gasteiger partial charge in [-0.1, -0.05) is 42.5 Å². The van der Waals surface area contributed by atoms with E-state index in [1.165, 1.54) is 18.2 Å². The fourth-order valence-electron chi connectivity index (χ4n) is 3.27. The molecule has 2 N–H and O–H groups in total. The molecule has 0 unspecified atom stereocenters. The predicted molar refractivity (Wildman–Crippen MR) is 125 cm³/mol. The molecule has 168 valence electrons. The maximum absolute atomic E-state index is 12.5. The molecule has 0 saturated heterocycles. The first-order valence-electron chi connectivity index (χ1n) is 10.4. The largest absolute Gasteiger partial charge is 0.491 e. The van der Waals surface area contributed by atoms with E-state index < -0.39 is 16.0 Å². The number of carboxylic acid groups (broad SMARTS) is 1. The third-order valence-electron chi connectivity index (χ3n) is 4.97. The molecule has 0 heterocycles. The van der Waals surface area contributed by atoms with Gasteiger partial charge in [-0.05, 0) is 73.7 Å². The minimum Gasteiger partial charge on any atom is -0.491 e. The molecule has 32 heavy (non-hydrogen) atoms. The molecule has 0 fully saturated rings. The van der Waals surface area contributed by atoms with E-state index in [0.717, 1.165) is 22.4 Å². The number of carboxylic acids is 1. The lowest BCUT2D eigenvalue weighted by Crippen LogP contribution is -2.26. The molecule has 7 heteroatoms. The van der Waals surface area contributed by atoms with E-state index in [-0.39, 0.29) is 23.1 Å². The average molecular weight is 454 g/mol. The van der Waals surface area contributed by atoms with Gasteiger partial charge in [-0.15, -0.1) is 0 Å². The third-order valence-corrected chi connectivity index (χ3v) is 6.43. The number of ether oxygens (including phenoxy) is 1. The van der Waals surface area contributed by atoms with Crippen molar-refractivity contribution in [2.45, 2.75) is 38.2 Å². The summed E-state index contributed by atoms with van der Waals surface area (Å²) >= 11 is 0. The number of aryl methyl sites for hydroxylation is 1. The molecule has 0 aliphatic heterocycles. The summed E-state index contributed by atoms with van der Waals surface area (Å²) in [6.07, 6.45) is 0.640. The minimum absolute atomic E-state index is 0.0211. The van der Waals surface area contributed by atoms with Crippen LogP contribution in [0.5, 0.6) is 5.75 Å². The van der Waals surface area contributed by atoms with Gasteiger partial charge >= 0.3 is 5.97 Å². The van der Waals surface area contributed by atoms with Crippen molar-refractivity contribution in [3.8, 4) is 16.9 Å². The van der Waals surface area contributed by atoms with Gasteiger partial charge in [0, 0.05) is 6.54 Å². The number of nitrogens with one attached hydrogen (secondary N) is 1. The number of hydrogen-bond acceptors (Lipinski definition) is 4. The van der Waals surface area contributed by atoms with E-state index in [1.807, 2.05) is 62.4 Å². The van der Waals surface area contributed by atoms with Crippen LogP contribution in [0.25, 0.3) is 11.1 Å². The van der Waals surface area contributed by atoms with E-state index in [4.69, 9.17) is 4.74 Å². The molecule has 6 nitrogen and oxygen atoms in total. The van der Waals surface area contributed by atoms with Crippen LogP contribution in [0.3, 0.4) is 0 Å². The van der Waals surface area contributed by atoms with Crippen LogP contribution in [-0.4, -0.2) is 32.1 Å². The van der Waals surface area contributed by atoms with Gasteiger partial charge in [-0.2, -0.15) is 0 Å². The topological polar surface area (TPSA) is 92.7 Å². The van der Waals surface area contributed by atoms with Crippen molar-refractivity contribution < 1.29 is 23.1 Å². The summed E-state index contributed by atoms with van der Waals surface area (Å²) in [5, 5.41) is 9.21. The molecule has 0 spiro atoms. The highest BCUT2D eigenvalue weighted by Gasteiger charge is 2.17. The lowest BCUT2D eigenvalue weighted by molar-refractivity contribution is 0.0696. The van der Waals surface area contributed by atoms with E-state index in [9.17, 15) is 18.3 Å². The van der Waals surface area contributed by atoms with Gasteiger partial charge in [-0.25, -0.2) is 17.9 Å². The zero-order chi connectivity index (χ0) is 23.3. The van der Waals surface area contributed by atoms with Gasteiger partial charge in [0.15, 0.2) is 0 Å². The Morgan fingerprint density at radius 1 is 0.969 bits per heavy atom. The number of benzene rings is 3. The van der Waals surface area contributed by atoms with E-state index in [0.29, 0.717) is 12.0 Å². The molecule has 3 rings (SSSR count). The highest BCUT2D eigenvalue weighted by molar-refractivity contribution is 7.89. The Labute approximate surface area is 188 Å². The summed E-state index contributed by atoms with van der Waals surface area (Å²) in [7, 11) is -3.79. The summed E-state index contributed by atoms with van der Waals surface area (Å²) < 4.78 is 33.3. The van der Waals surface area contributed by atoms with Crippen molar-refractivity contribution in [2.24, 2.45) is 0 Å². The van der Waals surface area contributed by atoms with E-state index in [1.54, 1.807) is 6.92 Å². The van der Waals surface area contributed by atoms with Gasteiger partial charge in [0.25, 0.3) is 0 Å². The smallest absolute Gasteiger partial charge is 0.335 e. The molecule has 0 bridgehead atoms. The number of sulfonamides is 1. The fraction of sp³-hybridized carbons (Fsp3) is 0.240. The Morgan fingerprint density at radius 2 is 1.56 bits per heavy atom. The highest BCUT2D eigenvalue weighted by atomic mass is 32.2. The number of hydrogen-bond donors (Lipinski definition) is 2. The molecular formula is C25H27NO5S. The minimum atomic E-state index is -3.79. The van der Waals surface area contributed by atoms with Crippen molar-refractivity contribution in [2.75, 3.05) is 6.54 Å². The maximum atomic E-state index is 12.5. The standard InChI is InChI=1S/C25H27NO5S/c1-17(2)31-22-11-9-21(10-12-22)20-7-5-19(6-8-20)14-15-26-32(29,30)23-13-4-18(3)24(16-23)25(27)28/h4-13,16-17,26H,14-15H2,1-3H3,(H,27,28). The zero-order valence-electron chi connectivity index (χ0n) is 18.3. The molecule has 0 saturated carbocycles. The molecule has 0 aliphatic carbocycles. The fourth-order valence-corrected chi connectivity index (χ4v) is 4.33. The monoisotopic (exact) mass is 453 g/mol. The molecule has 3 aromatic carbocycles. The first-order chi connectivity index (χ1) is 15.2. The van der Waals surface area contributed by atoms with Crippen molar-refractivity contribution in [1.82, 2.24) is 4.72 Å². The zero-order valence-corrected chi connectivity index (χ0v) is 19.1. The molecular weight excluding hydrogens is 426 g/mol. The normalized spacial score (nSPS) is 11.5. The van der Waals surface area contributed by atoms with Crippen LogP contribution in [0.1, 0.15) is 35.3 Å². The lowest BCUT2D eigenvalue weighted by atomic mass is 10.0. The highest BCUT2D eigenvalue weighted by Crippen LogP contribution is 2.23. The third kappa shape index (κ3) is 5.96. The van der Waals surface area contributed by atoms with Crippen molar-refractivity contribution >= 4 is 16.0 Å². The van der Waals surface area contributed by atoms with Crippen LogP contribution in [0, 0.1) is 6.92 Å². The van der Waals surface area contributed by atoms with E-state index >= 15 is 0 Å². The second-order valence-corrected chi connectivity index (χ2v) is 9.58. The second kappa shape index (κ2) is 9.97. The first kappa shape index (κ1) is 23.5. The van der Waals surface area contributed by atoms with Gasteiger partial charge in [-0.3, -0.25) is 0 Å². The van der Waals surface area contributed by atoms with Crippen molar-refractivity contribution in [1.29, 1.82) is 0 Å². The summed E-state index contributed by atoms with van der Waals surface area (Å²) in [5.41, 5.74) is 3.62. The predicted octanol–water partition coefficient (Wildman–Crippen LogP) is 4.67. The first-order valence-corrected chi connectivity index (χ1v) is 11.8. The van der Waals surface area contributed by atoms with Gasteiger partial charge < -0.3 is 9.84 Å². The Bertz CT molecular complexity index is 1180. The van der Waals surface area contributed by atoms with Crippen LogP contribution in [0.4, 0.5) is 0 Å². The number of aromatic carboxylic acids is 1. The second-order valence-electron chi connectivity index (χ2n) is 7.82. The average Bonchev–Trinajstić information content (AvgIpc) is 2.74. The summed E-state index contributed by atoms with van der Waals surface area (Å²) in [6, 6.07) is 19.9.